The zero-order chi connectivity index (χ0) is 17.7. The van der Waals surface area contributed by atoms with Gasteiger partial charge in [-0.3, -0.25) is 9.69 Å². The third kappa shape index (κ3) is 4.93. The Labute approximate surface area is 152 Å². The summed E-state index contributed by atoms with van der Waals surface area (Å²) in [5, 5.41) is 0. The molecule has 0 saturated carbocycles. The fourth-order valence-corrected chi connectivity index (χ4v) is 5.76. The van der Waals surface area contributed by atoms with Crippen LogP contribution in [0.5, 0.6) is 0 Å². The van der Waals surface area contributed by atoms with E-state index in [2.05, 4.69) is 4.90 Å². The Kier molecular flexibility index (Phi) is 6.71. The van der Waals surface area contributed by atoms with Crippen LogP contribution in [0.15, 0.2) is 0 Å². The number of rotatable bonds is 4. The van der Waals surface area contributed by atoms with Crippen LogP contribution in [0.1, 0.15) is 44.9 Å². The second kappa shape index (κ2) is 8.79. The van der Waals surface area contributed by atoms with Crippen molar-refractivity contribution in [3.63, 3.8) is 0 Å². The van der Waals surface area contributed by atoms with Crippen molar-refractivity contribution < 1.29 is 13.2 Å². The normalized spacial score (nSPS) is 25.7. The Morgan fingerprint density at radius 2 is 1.20 bits per heavy atom. The maximum atomic E-state index is 12.7. The zero-order valence-electron chi connectivity index (χ0n) is 15.2. The van der Waals surface area contributed by atoms with E-state index < -0.39 is 10.2 Å². The van der Waals surface area contributed by atoms with Gasteiger partial charge in [0.25, 0.3) is 10.2 Å². The summed E-state index contributed by atoms with van der Waals surface area (Å²) in [5.74, 6) is 0.155. The number of nitrogens with zero attached hydrogens (tertiary/aromatic N) is 4. The van der Waals surface area contributed by atoms with Crippen LogP contribution in [0, 0.1) is 0 Å². The Morgan fingerprint density at radius 1 is 0.640 bits per heavy atom. The number of hydrogen-bond donors (Lipinski definition) is 0. The quantitative estimate of drug-likeness (QED) is 0.730. The molecule has 3 fully saturated rings. The molecular weight excluding hydrogens is 340 g/mol. The summed E-state index contributed by atoms with van der Waals surface area (Å²) in [6, 6.07) is 0. The van der Waals surface area contributed by atoms with Gasteiger partial charge in [0.2, 0.25) is 5.91 Å². The van der Waals surface area contributed by atoms with Crippen molar-refractivity contribution in [1.82, 2.24) is 18.4 Å². The standard InChI is InChI=1S/C17H32N4O3S/c22-17(16-18-8-3-1-2-4-9-18)19-10-7-13-21(15-14-19)25(23,24)20-11-5-6-12-20/h1-16H2. The van der Waals surface area contributed by atoms with E-state index in [1.807, 2.05) is 4.90 Å². The molecule has 0 atom stereocenters. The molecule has 0 aromatic heterocycles. The second-order valence-electron chi connectivity index (χ2n) is 7.44. The van der Waals surface area contributed by atoms with Gasteiger partial charge in [0.15, 0.2) is 0 Å². The molecule has 25 heavy (non-hydrogen) atoms. The topological polar surface area (TPSA) is 64.2 Å². The lowest BCUT2D eigenvalue weighted by Crippen LogP contribution is -2.45. The molecule has 0 spiro atoms. The van der Waals surface area contributed by atoms with E-state index in [9.17, 15) is 13.2 Å². The van der Waals surface area contributed by atoms with Crippen molar-refractivity contribution in [3.05, 3.63) is 0 Å². The molecular formula is C17H32N4O3S. The number of amides is 1. The summed E-state index contributed by atoms with van der Waals surface area (Å²) in [7, 11) is -3.35. The van der Waals surface area contributed by atoms with Gasteiger partial charge in [0, 0.05) is 39.3 Å². The molecule has 3 heterocycles. The Bertz CT molecular complexity index is 540. The molecule has 7 nitrogen and oxygen atoms in total. The van der Waals surface area contributed by atoms with Gasteiger partial charge in [-0.2, -0.15) is 17.0 Å². The lowest BCUT2D eigenvalue weighted by molar-refractivity contribution is -0.132. The van der Waals surface area contributed by atoms with E-state index in [0.29, 0.717) is 45.8 Å². The highest BCUT2D eigenvalue weighted by molar-refractivity contribution is 7.86. The molecule has 0 N–H and O–H groups in total. The van der Waals surface area contributed by atoms with Crippen molar-refractivity contribution in [2.24, 2.45) is 0 Å². The molecule has 0 aliphatic carbocycles. The highest BCUT2D eigenvalue weighted by Gasteiger charge is 2.33. The first-order valence-electron chi connectivity index (χ1n) is 9.83. The third-order valence-electron chi connectivity index (χ3n) is 5.58. The molecule has 3 rings (SSSR count). The van der Waals surface area contributed by atoms with Crippen LogP contribution in [0.3, 0.4) is 0 Å². The molecule has 0 bridgehead atoms. The summed E-state index contributed by atoms with van der Waals surface area (Å²) in [6.45, 7) is 5.89. The highest BCUT2D eigenvalue weighted by Crippen LogP contribution is 2.18. The van der Waals surface area contributed by atoms with Gasteiger partial charge in [-0.05, 0) is 45.2 Å². The average Bonchev–Trinajstić information content (AvgIpc) is 2.86. The van der Waals surface area contributed by atoms with Crippen molar-refractivity contribution in [1.29, 1.82) is 0 Å². The van der Waals surface area contributed by atoms with Gasteiger partial charge in [-0.25, -0.2) is 0 Å². The van der Waals surface area contributed by atoms with Crippen molar-refractivity contribution in [2.45, 2.75) is 44.9 Å². The fourth-order valence-electron chi connectivity index (χ4n) is 4.04. The van der Waals surface area contributed by atoms with Crippen LogP contribution >= 0.6 is 0 Å². The maximum Gasteiger partial charge on any atom is 0.282 e. The predicted octanol–water partition coefficient (Wildman–Crippen LogP) is 0.737. The SMILES string of the molecule is O=C(CN1CCCCCC1)N1CCCN(S(=O)(=O)N2CCCC2)CC1. The lowest BCUT2D eigenvalue weighted by atomic mass is 10.2. The molecule has 0 unspecified atom stereocenters. The molecule has 3 aliphatic heterocycles. The Balaban J connectivity index is 1.53. The average molecular weight is 373 g/mol. The Morgan fingerprint density at radius 3 is 1.88 bits per heavy atom. The van der Waals surface area contributed by atoms with Crippen LogP contribution in [-0.4, -0.2) is 91.6 Å². The first kappa shape index (κ1) is 19.1. The first-order chi connectivity index (χ1) is 12.1. The fraction of sp³-hybridized carbons (Fsp3) is 0.941. The number of carbonyl (C=O) groups is 1. The minimum atomic E-state index is -3.35. The van der Waals surface area contributed by atoms with Gasteiger partial charge >= 0.3 is 0 Å². The third-order valence-corrected chi connectivity index (χ3v) is 7.62. The summed E-state index contributed by atoms with van der Waals surface area (Å²) < 4.78 is 28.6. The van der Waals surface area contributed by atoms with E-state index in [1.54, 1.807) is 8.61 Å². The largest absolute Gasteiger partial charge is 0.340 e. The molecule has 144 valence electrons. The van der Waals surface area contributed by atoms with Gasteiger partial charge in [0.1, 0.15) is 0 Å². The molecule has 3 saturated heterocycles. The first-order valence-corrected chi connectivity index (χ1v) is 11.2. The van der Waals surface area contributed by atoms with E-state index in [1.165, 1.54) is 25.7 Å². The van der Waals surface area contributed by atoms with Crippen molar-refractivity contribution >= 4 is 16.1 Å². The van der Waals surface area contributed by atoms with Crippen molar-refractivity contribution in [2.75, 3.05) is 58.9 Å². The second-order valence-corrected chi connectivity index (χ2v) is 9.37. The highest BCUT2D eigenvalue weighted by atomic mass is 32.2. The van der Waals surface area contributed by atoms with Gasteiger partial charge < -0.3 is 4.90 Å². The van der Waals surface area contributed by atoms with E-state index >= 15 is 0 Å². The summed E-state index contributed by atoms with van der Waals surface area (Å²) >= 11 is 0. The van der Waals surface area contributed by atoms with Crippen LogP contribution < -0.4 is 0 Å². The molecule has 0 aromatic carbocycles. The number of carbonyl (C=O) groups excluding carboxylic acids is 1. The zero-order valence-corrected chi connectivity index (χ0v) is 16.1. The van der Waals surface area contributed by atoms with Crippen LogP contribution in [0.2, 0.25) is 0 Å². The van der Waals surface area contributed by atoms with E-state index in [-0.39, 0.29) is 5.91 Å². The van der Waals surface area contributed by atoms with Crippen molar-refractivity contribution in [3.8, 4) is 0 Å². The van der Waals surface area contributed by atoms with Crippen LogP contribution in [0.25, 0.3) is 0 Å². The molecule has 0 aromatic rings. The minimum absolute atomic E-state index is 0.155. The van der Waals surface area contributed by atoms with E-state index in [0.717, 1.165) is 32.4 Å². The smallest absolute Gasteiger partial charge is 0.282 e. The monoisotopic (exact) mass is 372 g/mol. The van der Waals surface area contributed by atoms with Gasteiger partial charge in [-0.15, -0.1) is 0 Å². The molecule has 3 aliphatic rings. The molecule has 0 radical (unpaired) electrons. The molecule has 8 heteroatoms. The van der Waals surface area contributed by atoms with Crippen LogP contribution in [0.4, 0.5) is 0 Å². The summed E-state index contributed by atoms with van der Waals surface area (Å²) in [6.07, 6.45) is 7.50. The Hall–Kier alpha value is -0.700. The van der Waals surface area contributed by atoms with Crippen LogP contribution in [-0.2, 0) is 15.0 Å². The minimum Gasteiger partial charge on any atom is -0.340 e. The number of likely N-dealkylation sites (tertiary alicyclic amines) is 1. The number of hydrogen-bond acceptors (Lipinski definition) is 4. The van der Waals surface area contributed by atoms with E-state index in [4.69, 9.17) is 0 Å². The predicted molar refractivity (Wildman–Crippen MR) is 97.4 cm³/mol. The lowest BCUT2D eigenvalue weighted by Gasteiger charge is -2.27. The van der Waals surface area contributed by atoms with Gasteiger partial charge in [0.05, 0.1) is 6.54 Å². The van der Waals surface area contributed by atoms with Gasteiger partial charge in [-0.1, -0.05) is 12.8 Å². The maximum absolute atomic E-state index is 12.7. The summed E-state index contributed by atoms with van der Waals surface area (Å²) in [4.78, 5) is 16.8. The molecule has 1 amide bonds. The summed E-state index contributed by atoms with van der Waals surface area (Å²) in [5.41, 5.74) is 0.